The third-order valence-electron chi connectivity index (χ3n) is 2.67. The second kappa shape index (κ2) is 3.96. The lowest BCUT2D eigenvalue weighted by atomic mass is 10.1. The van der Waals surface area contributed by atoms with Crippen molar-refractivity contribution in [3.63, 3.8) is 0 Å². The number of nitrogens with zero attached hydrogens (tertiary/aromatic N) is 3. The fourth-order valence-corrected chi connectivity index (χ4v) is 2.02. The van der Waals surface area contributed by atoms with Gasteiger partial charge in [-0.3, -0.25) is 0 Å². The third-order valence-corrected chi connectivity index (χ3v) is 2.67. The first kappa shape index (κ1) is 11.2. The smallest absolute Gasteiger partial charge is 0.265 e. The molecule has 0 unspecified atom stereocenters. The Morgan fingerprint density at radius 3 is 2.69 bits per heavy atom. The van der Waals surface area contributed by atoms with Crippen molar-refractivity contribution in [3.05, 3.63) is 17.6 Å². The molecule has 5 heteroatoms. The molecule has 1 aliphatic heterocycles. The van der Waals surface area contributed by atoms with E-state index in [0.29, 0.717) is 24.6 Å². The van der Waals surface area contributed by atoms with Crippen molar-refractivity contribution in [3.8, 4) is 0 Å². The zero-order valence-corrected chi connectivity index (χ0v) is 9.50. The molecule has 0 bridgehead atoms. The summed E-state index contributed by atoms with van der Waals surface area (Å²) in [6.07, 6.45) is 0.488. The summed E-state index contributed by atoms with van der Waals surface area (Å²) in [6.45, 7) is 4.03. The first-order valence-corrected chi connectivity index (χ1v) is 5.41. The van der Waals surface area contributed by atoms with Crippen LogP contribution in [0.2, 0.25) is 0 Å². The molecule has 0 N–H and O–H groups in total. The van der Waals surface area contributed by atoms with E-state index >= 15 is 0 Å². The Bertz CT molecular complexity index is 373. The topological polar surface area (TPSA) is 29.0 Å². The maximum Gasteiger partial charge on any atom is 0.265 e. The van der Waals surface area contributed by atoms with Crippen LogP contribution in [0.3, 0.4) is 0 Å². The van der Waals surface area contributed by atoms with Gasteiger partial charge >= 0.3 is 0 Å². The van der Waals surface area contributed by atoms with Crippen LogP contribution in [-0.4, -0.2) is 29.0 Å². The van der Waals surface area contributed by atoms with Gasteiger partial charge in [0.25, 0.3) is 5.92 Å². The summed E-state index contributed by atoms with van der Waals surface area (Å²) in [5.74, 6) is -1.35. The zero-order valence-electron chi connectivity index (χ0n) is 9.50. The Hall–Kier alpha value is -1.26. The summed E-state index contributed by atoms with van der Waals surface area (Å²) in [7, 11) is 0. The fourth-order valence-electron chi connectivity index (χ4n) is 2.02. The van der Waals surface area contributed by atoms with Gasteiger partial charge in [0.15, 0.2) is 0 Å². The van der Waals surface area contributed by atoms with Crippen LogP contribution in [0.1, 0.15) is 24.4 Å². The highest BCUT2D eigenvalue weighted by Gasteiger charge is 2.35. The average molecular weight is 227 g/mol. The lowest BCUT2D eigenvalue weighted by molar-refractivity contribution is -0.0118. The van der Waals surface area contributed by atoms with Crippen molar-refractivity contribution in [2.75, 3.05) is 18.0 Å². The van der Waals surface area contributed by atoms with Crippen LogP contribution >= 0.6 is 0 Å². The average Bonchev–Trinajstić information content (AvgIpc) is 2.14. The van der Waals surface area contributed by atoms with Gasteiger partial charge in [-0.05, 0) is 20.3 Å². The number of rotatable bonds is 1. The largest absolute Gasteiger partial charge is 0.350 e. The number of hydrogen-bond acceptors (Lipinski definition) is 3. The van der Waals surface area contributed by atoms with E-state index in [2.05, 4.69) is 9.97 Å². The number of aromatic nitrogens is 2. The summed E-state index contributed by atoms with van der Waals surface area (Å²) in [5, 5.41) is 0. The third kappa shape index (κ3) is 2.46. The van der Waals surface area contributed by atoms with E-state index in [0.717, 1.165) is 5.69 Å². The fraction of sp³-hybridized carbons (Fsp3) is 0.636. The van der Waals surface area contributed by atoms with E-state index in [-0.39, 0.29) is 13.0 Å². The van der Waals surface area contributed by atoms with E-state index in [1.807, 2.05) is 6.92 Å². The molecule has 0 saturated carbocycles. The lowest BCUT2D eigenvalue weighted by Crippen LogP contribution is -2.43. The van der Waals surface area contributed by atoms with Crippen LogP contribution in [-0.2, 0) is 0 Å². The van der Waals surface area contributed by atoms with Crippen LogP contribution in [0, 0.1) is 13.8 Å². The molecule has 1 saturated heterocycles. The minimum absolute atomic E-state index is 0.0213. The van der Waals surface area contributed by atoms with Crippen molar-refractivity contribution in [2.24, 2.45) is 0 Å². The van der Waals surface area contributed by atoms with Crippen molar-refractivity contribution in [2.45, 2.75) is 32.6 Å². The highest BCUT2D eigenvalue weighted by molar-refractivity contribution is 5.40. The van der Waals surface area contributed by atoms with Gasteiger partial charge < -0.3 is 4.90 Å². The molecule has 88 valence electrons. The first-order chi connectivity index (χ1) is 7.46. The second-order valence-corrected chi connectivity index (χ2v) is 4.30. The second-order valence-electron chi connectivity index (χ2n) is 4.30. The van der Waals surface area contributed by atoms with Crippen LogP contribution in [0.5, 0.6) is 0 Å². The van der Waals surface area contributed by atoms with E-state index in [1.54, 1.807) is 17.9 Å². The summed E-state index contributed by atoms with van der Waals surface area (Å²) < 4.78 is 26.5. The van der Waals surface area contributed by atoms with Gasteiger partial charge in [0.1, 0.15) is 11.6 Å². The molecule has 3 nitrogen and oxygen atoms in total. The number of piperidine rings is 1. The molecule has 0 radical (unpaired) electrons. The Morgan fingerprint density at radius 1 is 1.31 bits per heavy atom. The molecule has 1 fully saturated rings. The van der Waals surface area contributed by atoms with Crippen LogP contribution in [0.4, 0.5) is 14.6 Å². The maximum atomic E-state index is 13.3. The molecule has 1 aromatic rings. The molecule has 0 aromatic carbocycles. The quantitative estimate of drug-likeness (QED) is 0.737. The summed E-state index contributed by atoms with van der Waals surface area (Å²) in [6, 6.07) is 1.76. The number of halogens is 2. The van der Waals surface area contributed by atoms with Crippen LogP contribution in [0.25, 0.3) is 0 Å². The van der Waals surface area contributed by atoms with Crippen molar-refractivity contribution >= 4 is 5.82 Å². The van der Waals surface area contributed by atoms with Crippen molar-refractivity contribution in [1.29, 1.82) is 0 Å². The molecular weight excluding hydrogens is 212 g/mol. The molecule has 16 heavy (non-hydrogen) atoms. The number of hydrogen-bond donors (Lipinski definition) is 0. The van der Waals surface area contributed by atoms with E-state index in [9.17, 15) is 8.78 Å². The molecule has 1 aliphatic rings. The Balaban J connectivity index is 2.23. The standard InChI is InChI=1S/C11H15F2N3/c1-8-6-10(15-9(2)14-8)16-5-3-4-11(12,13)7-16/h6H,3-5,7H2,1-2H3. The van der Waals surface area contributed by atoms with Crippen LogP contribution in [0.15, 0.2) is 6.07 Å². The SMILES string of the molecule is Cc1cc(N2CCCC(F)(F)C2)nc(C)n1. The van der Waals surface area contributed by atoms with Crippen molar-refractivity contribution < 1.29 is 8.78 Å². The normalized spacial score (nSPS) is 19.9. The predicted octanol–water partition coefficient (Wildman–Crippen LogP) is 2.33. The molecule has 0 spiro atoms. The lowest BCUT2D eigenvalue weighted by Gasteiger charge is -2.33. The highest BCUT2D eigenvalue weighted by atomic mass is 19.3. The van der Waals surface area contributed by atoms with E-state index in [1.165, 1.54) is 0 Å². The Morgan fingerprint density at radius 2 is 2.06 bits per heavy atom. The highest BCUT2D eigenvalue weighted by Crippen LogP contribution is 2.29. The minimum Gasteiger partial charge on any atom is -0.350 e. The van der Waals surface area contributed by atoms with Crippen LogP contribution < -0.4 is 4.90 Å². The summed E-state index contributed by atoms with van der Waals surface area (Å²) in [5.41, 5.74) is 0.816. The Kier molecular flexibility index (Phi) is 2.78. The van der Waals surface area contributed by atoms with Gasteiger partial charge in [0.05, 0.1) is 6.54 Å². The summed E-state index contributed by atoms with van der Waals surface area (Å²) in [4.78, 5) is 9.99. The van der Waals surface area contributed by atoms with Gasteiger partial charge in [-0.15, -0.1) is 0 Å². The van der Waals surface area contributed by atoms with Gasteiger partial charge in [-0.25, -0.2) is 18.7 Å². The monoisotopic (exact) mass is 227 g/mol. The maximum absolute atomic E-state index is 13.3. The molecule has 0 amide bonds. The van der Waals surface area contributed by atoms with Gasteiger partial charge in [0, 0.05) is 24.7 Å². The van der Waals surface area contributed by atoms with Gasteiger partial charge in [-0.2, -0.15) is 0 Å². The molecular formula is C11H15F2N3. The molecule has 0 aliphatic carbocycles. The molecule has 1 aromatic heterocycles. The first-order valence-electron chi connectivity index (χ1n) is 5.41. The number of anilines is 1. The molecule has 0 atom stereocenters. The zero-order chi connectivity index (χ0) is 11.8. The summed E-state index contributed by atoms with van der Waals surface area (Å²) >= 11 is 0. The number of alkyl halides is 2. The molecule has 2 rings (SSSR count). The van der Waals surface area contributed by atoms with Gasteiger partial charge in [-0.1, -0.05) is 0 Å². The van der Waals surface area contributed by atoms with Crippen molar-refractivity contribution in [1.82, 2.24) is 9.97 Å². The molecule has 2 heterocycles. The minimum atomic E-state index is -2.59. The predicted molar refractivity (Wildman–Crippen MR) is 57.9 cm³/mol. The van der Waals surface area contributed by atoms with Gasteiger partial charge in [0.2, 0.25) is 0 Å². The van der Waals surface area contributed by atoms with E-state index < -0.39 is 5.92 Å². The number of aryl methyl sites for hydroxylation is 2. The Labute approximate surface area is 93.5 Å². The van der Waals surface area contributed by atoms with E-state index in [4.69, 9.17) is 0 Å².